The Labute approximate surface area is 203 Å². The predicted molar refractivity (Wildman–Crippen MR) is 130 cm³/mol. The number of hydrogen-bond donors (Lipinski definition) is 3. The number of aromatic nitrogens is 2. The number of nitrogens with zero attached hydrogens (tertiary/aromatic N) is 2. The Bertz CT molecular complexity index is 1230. The number of benzene rings is 2. The lowest BCUT2D eigenvalue weighted by Gasteiger charge is -2.18. The monoisotopic (exact) mass is 476 g/mol. The molecule has 0 saturated heterocycles. The molecule has 1 heterocycles. The van der Waals surface area contributed by atoms with Crippen LogP contribution in [0, 0.1) is 5.41 Å². The molecule has 0 spiro atoms. The van der Waals surface area contributed by atoms with Gasteiger partial charge in [0, 0.05) is 25.6 Å². The van der Waals surface area contributed by atoms with Crippen LogP contribution in [0.15, 0.2) is 54.6 Å². The van der Waals surface area contributed by atoms with Crippen molar-refractivity contribution >= 4 is 23.8 Å². The zero-order valence-electron chi connectivity index (χ0n) is 19.9. The second kappa shape index (κ2) is 9.61. The van der Waals surface area contributed by atoms with Gasteiger partial charge in [-0.1, -0.05) is 48.5 Å². The highest BCUT2D eigenvalue weighted by Crippen LogP contribution is 2.44. The summed E-state index contributed by atoms with van der Waals surface area (Å²) in [5, 5.41) is 18.6. The lowest BCUT2D eigenvalue weighted by atomic mass is 9.90. The summed E-state index contributed by atoms with van der Waals surface area (Å²) in [6.45, 7) is 3.55. The van der Waals surface area contributed by atoms with E-state index in [1.54, 1.807) is 20.9 Å². The molecule has 0 bridgehead atoms. The molecule has 2 amide bonds. The molecule has 3 aromatic rings. The van der Waals surface area contributed by atoms with Gasteiger partial charge in [-0.25, -0.2) is 4.79 Å². The fourth-order valence-corrected chi connectivity index (χ4v) is 4.12. The highest BCUT2D eigenvalue weighted by atomic mass is 16.5. The van der Waals surface area contributed by atoms with Gasteiger partial charge in [0.25, 0.3) is 5.91 Å². The second-order valence-corrected chi connectivity index (χ2v) is 9.18. The van der Waals surface area contributed by atoms with Crippen LogP contribution in [0.25, 0.3) is 11.1 Å². The molecule has 4 rings (SSSR count). The van der Waals surface area contributed by atoms with Gasteiger partial charge in [-0.05, 0) is 42.5 Å². The number of carboxylic acids is 1. The fraction of sp³-hybridized carbons (Fsp3) is 0.308. The lowest BCUT2D eigenvalue weighted by Crippen LogP contribution is -2.32. The van der Waals surface area contributed by atoms with Crippen molar-refractivity contribution in [3.63, 3.8) is 0 Å². The number of aliphatic carboxylic acids is 1. The van der Waals surface area contributed by atoms with Crippen molar-refractivity contribution in [2.24, 2.45) is 12.5 Å². The van der Waals surface area contributed by atoms with Gasteiger partial charge < -0.3 is 15.2 Å². The number of hydrogen-bond acceptors (Lipinski definition) is 5. The van der Waals surface area contributed by atoms with Gasteiger partial charge in [0.2, 0.25) is 0 Å². The number of fused-ring (bicyclic) bond motifs is 3. The third kappa shape index (κ3) is 5.03. The first-order valence-corrected chi connectivity index (χ1v) is 11.3. The van der Waals surface area contributed by atoms with E-state index in [2.05, 4.69) is 27.9 Å². The number of anilines is 1. The minimum Gasteiger partial charge on any atom is -0.481 e. The van der Waals surface area contributed by atoms with Crippen LogP contribution >= 0.6 is 0 Å². The van der Waals surface area contributed by atoms with Crippen LogP contribution in [0.5, 0.6) is 0 Å². The van der Waals surface area contributed by atoms with Crippen LogP contribution in [-0.4, -0.2) is 46.0 Å². The summed E-state index contributed by atoms with van der Waals surface area (Å²) in [5.74, 6) is -1.14. The summed E-state index contributed by atoms with van der Waals surface area (Å²) >= 11 is 0. The van der Waals surface area contributed by atoms with Crippen molar-refractivity contribution in [2.45, 2.75) is 26.2 Å². The Morgan fingerprint density at radius 2 is 1.66 bits per heavy atom. The number of carboxylic acid groups (broad SMARTS) is 1. The van der Waals surface area contributed by atoms with E-state index < -0.39 is 23.4 Å². The molecule has 1 aliphatic rings. The number of rotatable bonds is 8. The standard InChI is InChI=1S/C26H28N4O5/c1-26(2,24(32)33)12-13-27-23(31)21-14-22(30(3)29-21)28-25(34)35-15-20-18-10-6-4-8-16(18)17-9-5-7-11-19(17)20/h4-11,14,20H,12-13,15H2,1-3H3,(H,27,31)(H,28,34)(H,32,33). The maximum atomic E-state index is 12.5. The van der Waals surface area contributed by atoms with E-state index >= 15 is 0 Å². The van der Waals surface area contributed by atoms with Crippen LogP contribution in [0.2, 0.25) is 0 Å². The SMILES string of the molecule is Cn1nc(C(=O)NCCC(C)(C)C(=O)O)cc1NC(=O)OCC1c2ccccc2-c2ccccc21. The number of aryl methyl sites for hydroxylation is 1. The molecule has 0 unspecified atom stereocenters. The fourth-order valence-electron chi connectivity index (χ4n) is 4.12. The number of nitrogens with one attached hydrogen (secondary N) is 2. The molecule has 0 saturated carbocycles. The van der Waals surface area contributed by atoms with Gasteiger partial charge in [0.15, 0.2) is 5.69 Å². The maximum absolute atomic E-state index is 12.5. The number of carbonyl (C=O) groups is 3. The van der Waals surface area contributed by atoms with Crippen LogP contribution in [0.1, 0.15) is 47.8 Å². The normalized spacial score (nSPS) is 12.5. The molecular formula is C26H28N4O5. The Kier molecular flexibility index (Phi) is 6.59. The average molecular weight is 477 g/mol. The van der Waals surface area contributed by atoms with Crippen molar-refractivity contribution in [3.8, 4) is 11.1 Å². The molecule has 0 atom stereocenters. The van der Waals surface area contributed by atoms with Crippen LogP contribution in [0.4, 0.5) is 10.6 Å². The van der Waals surface area contributed by atoms with E-state index in [-0.39, 0.29) is 31.2 Å². The van der Waals surface area contributed by atoms with E-state index in [0.717, 1.165) is 22.3 Å². The van der Waals surface area contributed by atoms with E-state index in [4.69, 9.17) is 4.74 Å². The molecule has 2 aromatic carbocycles. The van der Waals surface area contributed by atoms with E-state index in [9.17, 15) is 19.5 Å². The van der Waals surface area contributed by atoms with Crippen molar-refractivity contribution in [3.05, 3.63) is 71.4 Å². The zero-order valence-corrected chi connectivity index (χ0v) is 19.9. The van der Waals surface area contributed by atoms with Crippen LogP contribution in [-0.2, 0) is 16.6 Å². The highest BCUT2D eigenvalue weighted by molar-refractivity contribution is 5.94. The quantitative estimate of drug-likeness (QED) is 0.451. The predicted octanol–water partition coefficient (Wildman–Crippen LogP) is 4.01. The minimum absolute atomic E-state index is 0.0592. The van der Waals surface area contributed by atoms with Crippen molar-refractivity contribution < 1.29 is 24.2 Å². The molecule has 0 aliphatic heterocycles. The Morgan fingerprint density at radius 1 is 1.06 bits per heavy atom. The van der Waals surface area contributed by atoms with Crippen molar-refractivity contribution in [1.29, 1.82) is 0 Å². The summed E-state index contributed by atoms with van der Waals surface area (Å²) in [7, 11) is 1.60. The van der Waals surface area contributed by atoms with Crippen molar-refractivity contribution in [1.82, 2.24) is 15.1 Å². The minimum atomic E-state index is -0.950. The van der Waals surface area contributed by atoms with Gasteiger partial charge in [-0.2, -0.15) is 5.10 Å². The third-order valence-corrected chi connectivity index (χ3v) is 6.30. The van der Waals surface area contributed by atoms with Crippen LogP contribution in [0.3, 0.4) is 0 Å². The molecule has 0 radical (unpaired) electrons. The largest absolute Gasteiger partial charge is 0.481 e. The first-order chi connectivity index (χ1) is 16.7. The molecule has 9 heteroatoms. The zero-order chi connectivity index (χ0) is 25.2. The Morgan fingerprint density at radius 3 is 2.26 bits per heavy atom. The summed E-state index contributed by atoms with van der Waals surface area (Å²) in [6.07, 6.45) is -0.379. The molecule has 3 N–H and O–H groups in total. The number of carbonyl (C=O) groups excluding carboxylic acids is 2. The van der Waals surface area contributed by atoms with Gasteiger partial charge in [0.1, 0.15) is 12.4 Å². The van der Waals surface area contributed by atoms with Crippen molar-refractivity contribution in [2.75, 3.05) is 18.5 Å². The number of ether oxygens (including phenoxy) is 1. The molecule has 9 nitrogen and oxygen atoms in total. The van der Waals surface area contributed by atoms with E-state index in [0.29, 0.717) is 5.82 Å². The maximum Gasteiger partial charge on any atom is 0.412 e. The smallest absolute Gasteiger partial charge is 0.412 e. The average Bonchev–Trinajstić information content (AvgIpc) is 3.35. The summed E-state index contributed by atoms with van der Waals surface area (Å²) in [4.78, 5) is 36.1. The Hall–Kier alpha value is -4.14. The highest BCUT2D eigenvalue weighted by Gasteiger charge is 2.29. The molecule has 35 heavy (non-hydrogen) atoms. The summed E-state index contributed by atoms with van der Waals surface area (Å²) < 4.78 is 6.92. The first-order valence-electron chi connectivity index (χ1n) is 11.3. The third-order valence-electron chi connectivity index (χ3n) is 6.30. The molecule has 0 fully saturated rings. The Balaban J connectivity index is 1.35. The summed E-state index contributed by atoms with van der Waals surface area (Å²) in [6, 6.07) is 17.6. The van der Waals surface area contributed by atoms with Gasteiger partial charge in [0.05, 0.1) is 5.41 Å². The number of amides is 2. The van der Waals surface area contributed by atoms with Gasteiger partial charge in [-0.15, -0.1) is 0 Å². The van der Waals surface area contributed by atoms with Gasteiger partial charge >= 0.3 is 12.1 Å². The van der Waals surface area contributed by atoms with Gasteiger partial charge in [-0.3, -0.25) is 19.6 Å². The molecule has 1 aromatic heterocycles. The second-order valence-electron chi connectivity index (χ2n) is 9.18. The van der Waals surface area contributed by atoms with Crippen LogP contribution < -0.4 is 10.6 Å². The molecule has 182 valence electrons. The topological polar surface area (TPSA) is 123 Å². The lowest BCUT2D eigenvalue weighted by molar-refractivity contribution is -0.147. The summed E-state index contributed by atoms with van der Waals surface area (Å²) in [5.41, 5.74) is 3.68. The van der Waals surface area contributed by atoms with E-state index in [1.807, 2.05) is 36.4 Å². The molecular weight excluding hydrogens is 448 g/mol. The van der Waals surface area contributed by atoms with E-state index in [1.165, 1.54) is 10.7 Å². The molecule has 1 aliphatic carbocycles. The first kappa shape index (κ1) is 24.0.